The van der Waals surface area contributed by atoms with Crippen LogP contribution in [0, 0.1) is 0 Å². The maximum absolute atomic E-state index is 11.9. The molecule has 80 valence electrons. The van der Waals surface area contributed by atoms with E-state index in [1.54, 1.807) is 23.3 Å². The molecule has 0 bridgehead atoms. The molecule has 0 fully saturated rings. The van der Waals surface area contributed by atoms with Gasteiger partial charge in [-0.3, -0.25) is 8.77 Å². The Balaban J connectivity index is 3.04. The quantitative estimate of drug-likeness (QED) is 0.661. The van der Waals surface area contributed by atoms with Crippen molar-refractivity contribution in [3.8, 4) is 0 Å². The molecule has 0 radical (unpaired) electrons. The third-order valence-corrected chi connectivity index (χ3v) is 4.78. The van der Waals surface area contributed by atoms with Crippen LogP contribution in [0.3, 0.4) is 0 Å². The fraction of sp³-hybridized carbons (Fsp3) is 0.125. The van der Waals surface area contributed by atoms with Gasteiger partial charge in [-0.05, 0) is 22.0 Å². The molecule has 0 unspecified atom stereocenters. The maximum Gasteiger partial charge on any atom is 0.275 e. The van der Waals surface area contributed by atoms with Crippen LogP contribution in [0.4, 0.5) is 0 Å². The summed E-state index contributed by atoms with van der Waals surface area (Å²) in [6.45, 7) is 0. The number of halogens is 3. The molecule has 0 N–H and O–H groups in total. The van der Waals surface area contributed by atoms with Gasteiger partial charge < -0.3 is 4.57 Å². The van der Waals surface area contributed by atoms with Gasteiger partial charge in [0.2, 0.25) is 0 Å². The lowest BCUT2D eigenvalue weighted by atomic mass is 10.3. The molecule has 2 aromatic heterocycles. The highest BCUT2D eigenvalue weighted by Gasteiger charge is 2.14. The Morgan fingerprint density at radius 3 is 2.87 bits per heavy atom. The first-order valence-corrected chi connectivity index (χ1v) is 8.40. The van der Waals surface area contributed by atoms with Crippen molar-refractivity contribution < 1.29 is 0 Å². The number of hydrogen-bond donors (Lipinski definition) is 0. The number of fused-ring (bicyclic) bond motifs is 1. The highest BCUT2D eigenvalue weighted by atomic mass is 127. The molecule has 2 rings (SSSR count). The van der Waals surface area contributed by atoms with Gasteiger partial charge >= 0.3 is 0 Å². The summed E-state index contributed by atoms with van der Waals surface area (Å²) < 4.78 is 4.11. The normalized spacial score (nSPS) is 11.2. The molecule has 3 nitrogen and oxygen atoms in total. The van der Waals surface area contributed by atoms with Crippen LogP contribution in [0.5, 0.6) is 0 Å². The molecule has 0 saturated carbocycles. The molecule has 0 spiro atoms. The van der Waals surface area contributed by atoms with Crippen molar-refractivity contribution in [3.05, 3.63) is 32.2 Å². The Morgan fingerprint density at radius 2 is 2.27 bits per heavy atom. The van der Waals surface area contributed by atoms with Gasteiger partial charge in [-0.25, -0.2) is 0 Å². The van der Waals surface area contributed by atoms with Gasteiger partial charge in [0, 0.05) is 53.4 Å². The molecule has 0 aliphatic heterocycles. The standard InChI is InChI=1S/C8H5BrClIN2OS/c1-12-3-5(9)4-2-6(10)13(15-11)7(4)8(12)14/h2-3H,1H3. The molecule has 2 aromatic rings. The Kier molecular flexibility index (Phi) is 3.39. The van der Waals surface area contributed by atoms with E-state index < -0.39 is 0 Å². The van der Waals surface area contributed by atoms with Crippen molar-refractivity contribution in [3.63, 3.8) is 0 Å². The summed E-state index contributed by atoms with van der Waals surface area (Å²) in [7, 11) is 3.10. The van der Waals surface area contributed by atoms with E-state index in [4.69, 9.17) is 11.6 Å². The minimum absolute atomic E-state index is 0.0516. The Hall–Kier alpha value is 0.340. The molecule has 15 heavy (non-hydrogen) atoms. The van der Waals surface area contributed by atoms with Gasteiger partial charge in [0.25, 0.3) is 5.56 Å². The zero-order chi connectivity index (χ0) is 11.2. The summed E-state index contributed by atoms with van der Waals surface area (Å²) >= 11 is 11.5. The van der Waals surface area contributed by atoms with Crippen LogP contribution in [-0.2, 0) is 7.05 Å². The van der Waals surface area contributed by atoms with Gasteiger partial charge in [-0.1, -0.05) is 11.6 Å². The van der Waals surface area contributed by atoms with E-state index in [2.05, 4.69) is 37.1 Å². The van der Waals surface area contributed by atoms with Crippen molar-refractivity contribution in [2.45, 2.75) is 0 Å². The summed E-state index contributed by atoms with van der Waals surface area (Å²) in [6.07, 6.45) is 1.74. The molecule has 0 saturated heterocycles. The molecule has 0 amide bonds. The summed E-state index contributed by atoms with van der Waals surface area (Å²) in [5, 5.41) is 1.39. The summed E-state index contributed by atoms with van der Waals surface area (Å²) in [5.74, 6) is 0. The van der Waals surface area contributed by atoms with E-state index in [0.717, 1.165) is 9.86 Å². The zero-order valence-corrected chi connectivity index (χ0v) is 12.8. The molecular weight excluding hydrogens is 414 g/mol. The molecule has 0 aromatic carbocycles. The Bertz CT molecular complexity index is 594. The second kappa shape index (κ2) is 4.31. The Labute approximate surface area is 116 Å². The monoisotopic (exact) mass is 418 g/mol. The highest BCUT2D eigenvalue weighted by molar-refractivity contribution is 14.2. The first-order chi connectivity index (χ1) is 7.06. The fourth-order valence-electron chi connectivity index (χ4n) is 1.38. The summed E-state index contributed by atoms with van der Waals surface area (Å²) in [4.78, 5) is 11.9. The SMILES string of the molecule is Cn1cc(Br)c2cc(Cl)n(SI)c2c1=O. The van der Waals surface area contributed by atoms with Crippen LogP contribution in [0.25, 0.3) is 10.9 Å². The third-order valence-electron chi connectivity index (χ3n) is 2.07. The first kappa shape index (κ1) is 11.8. The van der Waals surface area contributed by atoms with Gasteiger partial charge in [0.05, 0.1) is 0 Å². The number of nitrogens with zero attached hydrogens (tertiary/aromatic N) is 2. The van der Waals surface area contributed by atoms with Crippen LogP contribution in [0.1, 0.15) is 0 Å². The van der Waals surface area contributed by atoms with Crippen LogP contribution in [-0.4, -0.2) is 8.54 Å². The maximum atomic E-state index is 11.9. The molecule has 2 heterocycles. The number of hydrogen-bond acceptors (Lipinski definition) is 2. The number of aryl methyl sites for hydroxylation is 1. The second-order valence-electron chi connectivity index (χ2n) is 2.99. The topological polar surface area (TPSA) is 26.9 Å². The fourth-order valence-corrected chi connectivity index (χ4v) is 4.23. The molecular formula is C8H5BrClIN2OS. The summed E-state index contributed by atoms with van der Waals surface area (Å²) in [6, 6.07) is 1.79. The predicted octanol–water partition coefficient (Wildman–Crippen LogP) is 3.60. The predicted molar refractivity (Wildman–Crippen MR) is 76.9 cm³/mol. The second-order valence-corrected chi connectivity index (χ2v) is 5.91. The van der Waals surface area contributed by atoms with Crippen molar-refractivity contribution in [1.29, 1.82) is 0 Å². The van der Waals surface area contributed by atoms with E-state index in [-0.39, 0.29) is 5.56 Å². The number of rotatable bonds is 1. The van der Waals surface area contributed by atoms with Crippen molar-refractivity contribution in [1.82, 2.24) is 8.54 Å². The van der Waals surface area contributed by atoms with Crippen molar-refractivity contribution in [2.24, 2.45) is 7.05 Å². The van der Waals surface area contributed by atoms with E-state index in [1.165, 1.54) is 13.7 Å². The van der Waals surface area contributed by atoms with Crippen molar-refractivity contribution in [2.75, 3.05) is 0 Å². The Morgan fingerprint density at radius 1 is 1.60 bits per heavy atom. The highest BCUT2D eigenvalue weighted by Crippen LogP contribution is 2.32. The van der Waals surface area contributed by atoms with E-state index >= 15 is 0 Å². The molecule has 0 aliphatic rings. The lowest BCUT2D eigenvalue weighted by Crippen LogP contribution is -2.17. The average Bonchev–Trinajstić information content (AvgIpc) is 2.52. The number of aromatic nitrogens is 2. The minimum Gasteiger partial charge on any atom is -0.316 e. The largest absolute Gasteiger partial charge is 0.316 e. The first-order valence-electron chi connectivity index (χ1n) is 3.91. The van der Waals surface area contributed by atoms with Gasteiger partial charge in [0.15, 0.2) is 0 Å². The smallest absolute Gasteiger partial charge is 0.275 e. The molecule has 0 aliphatic carbocycles. The van der Waals surface area contributed by atoms with Gasteiger partial charge in [-0.2, -0.15) is 0 Å². The molecule has 7 heteroatoms. The van der Waals surface area contributed by atoms with Gasteiger partial charge in [-0.15, -0.1) is 0 Å². The summed E-state index contributed by atoms with van der Waals surface area (Å²) in [5.41, 5.74) is 0.556. The minimum atomic E-state index is -0.0516. The average molecular weight is 419 g/mol. The van der Waals surface area contributed by atoms with Crippen molar-refractivity contribution >= 4 is 68.8 Å². The van der Waals surface area contributed by atoms with E-state index in [0.29, 0.717) is 10.7 Å². The van der Waals surface area contributed by atoms with Crippen LogP contribution >= 0.6 is 57.9 Å². The molecule has 0 atom stereocenters. The van der Waals surface area contributed by atoms with Crippen LogP contribution in [0.2, 0.25) is 5.15 Å². The third kappa shape index (κ3) is 1.85. The zero-order valence-electron chi connectivity index (χ0n) is 7.50. The lowest BCUT2D eigenvalue weighted by Gasteiger charge is -2.02. The van der Waals surface area contributed by atoms with Crippen LogP contribution in [0.15, 0.2) is 21.5 Å². The van der Waals surface area contributed by atoms with E-state index in [9.17, 15) is 4.79 Å². The number of pyridine rings is 1. The van der Waals surface area contributed by atoms with Crippen LogP contribution < -0.4 is 5.56 Å². The van der Waals surface area contributed by atoms with Gasteiger partial charge in [0.1, 0.15) is 10.7 Å². The van der Waals surface area contributed by atoms with E-state index in [1.807, 2.05) is 0 Å². The lowest BCUT2D eigenvalue weighted by molar-refractivity contribution is 0.865.